The fraction of sp³-hybridized carbons (Fsp3) is 0.0952. The van der Waals surface area contributed by atoms with Crippen molar-refractivity contribution in [3.63, 3.8) is 0 Å². The van der Waals surface area contributed by atoms with Crippen molar-refractivity contribution in [1.82, 2.24) is 0 Å². The summed E-state index contributed by atoms with van der Waals surface area (Å²) in [7, 11) is 0. The Morgan fingerprint density at radius 3 is 1.15 bits per heavy atom. The Balaban J connectivity index is 0.780. The first kappa shape index (κ1) is 49.2. The van der Waals surface area contributed by atoms with Crippen molar-refractivity contribution in [1.29, 1.82) is 0 Å². The number of benzene rings is 11. The van der Waals surface area contributed by atoms with Gasteiger partial charge in [0.2, 0.25) is 0 Å². The Labute approximate surface area is 504 Å². The molecule has 0 amide bonds. The first-order chi connectivity index (χ1) is 42.6. The summed E-state index contributed by atoms with van der Waals surface area (Å²) in [4.78, 5) is 5.02. The van der Waals surface area contributed by atoms with Crippen molar-refractivity contribution in [2.24, 2.45) is 0 Å². The van der Waals surface area contributed by atoms with Crippen LogP contribution >= 0.6 is 0 Å². The molecule has 0 heterocycles. The van der Waals surface area contributed by atoms with Gasteiger partial charge in [-0.2, -0.15) is 0 Å². The summed E-state index contributed by atoms with van der Waals surface area (Å²) in [6, 6.07) is 91.0. The van der Waals surface area contributed by atoms with Gasteiger partial charge in [-0.3, -0.25) is 0 Å². The van der Waals surface area contributed by atoms with Gasteiger partial charge in [0.1, 0.15) is 0 Å². The van der Waals surface area contributed by atoms with Gasteiger partial charge in [0.25, 0.3) is 0 Å². The molecule has 0 saturated heterocycles. The van der Waals surface area contributed by atoms with E-state index in [-0.39, 0.29) is 0 Å². The standard InChI is InChI=1S/C84H60N2/c1-3-23-61(24-4-1)85(63-41-39-57-19-7-9-21-59(57)51-63)65-43-47-73-71-45-37-55(49-79(71)83(81(73)53-65)75-31-15-11-27-67(75)68-28-12-16-32-76(68)83)35-36-56-38-46-72-74-48-44-66(86(62-25-5-2-6-26-62)64-42-40-58-20-8-10-22-60(58)52-64)54-82(74)84(80(72)50-56)77-33-17-13-29-69(77)70-30-14-18-34-78(70)84/h1-5,7-8,11-20,23-25,27-54H,6,9-10,21-22,26H2/b36-35+. The minimum Gasteiger partial charge on any atom is -0.314 e. The van der Waals surface area contributed by atoms with Crippen LogP contribution in [0.1, 0.15) is 104 Å². The summed E-state index contributed by atoms with van der Waals surface area (Å²) in [6.07, 6.45) is 27.1. The number of hydrogen-bond acceptors (Lipinski definition) is 2. The highest BCUT2D eigenvalue weighted by atomic mass is 15.2. The smallest absolute Gasteiger partial charge is 0.0726 e. The Kier molecular flexibility index (Phi) is 10.9. The molecule has 0 N–H and O–H groups in total. The van der Waals surface area contributed by atoms with Gasteiger partial charge in [-0.15, -0.1) is 0 Å². The Morgan fingerprint density at radius 1 is 0.291 bits per heavy atom. The van der Waals surface area contributed by atoms with E-state index in [1.807, 2.05) is 0 Å². The Hall–Kier alpha value is -10.3. The summed E-state index contributed by atoms with van der Waals surface area (Å²) < 4.78 is 0. The molecule has 11 aromatic carbocycles. The van der Waals surface area contributed by atoms with Crippen LogP contribution in [-0.4, -0.2) is 0 Å². The topological polar surface area (TPSA) is 6.48 Å². The molecular weight excluding hydrogens is 1040 g/mol. The number of hydrogen-bond donors (Lipinski definition) is 0. The van der Waals surface area contributed by atoms with Gasteiger partial charge in [0, 0.05) is 34.1 Å². The van der Waals surface area contributed by atoms with E-state index in [0.29, 0.717) is 0 Å². The molecule has 7 aliphatic carbocycles. The lowest BCUT2D eigenvalue weighted by molar-refractivity contribution is 0.792. The minimum absolute atomic E-state index is 0.522. The quantitative estimate of drug-likeness (QED) is 0.140. The highest BCUT2D eigenvalue weighted by Crippen LogP contribution is 2.65. The monoisotopic (exact) mass is 1100 g/mol. The van der Waals surface area contributed by atoms with Gasteiger partial charge in [-0.1, -0.05) is 212 Å². The van der Waals surface area contributed by atoms with Gasteiger partial charge in [-0.25, -0.2) is 0 Å². The van der Waals surface area contributed by atoms with E-state index in [1.165, 1.54) is 145 Å². The Morgan fingerprint density at radius 2 is 0.674 bits per heavy atom. The first-order valence-electron chi connectivity index (χ1n) is 30.9. The number of para-hydroxylation sites is 1. The van der Waals surface area contributed by atoms with E-state index in [9.17, 15) is 0 Å². The van der Waals surface area contributed by atoms with Crippen molar-refractivity contribution in [3.05, 3.63) is 351 Å². The summed E-state index contributed by atoms with van der Waals surface area (Å²) in [6.45, 7) is 0. The molecule has 0 bridgehead atoms. The van der Waals surface area contributed by atoms with E-state index in [1.54, 1.807) is 0 Å². The molecule has 0 radical (unpaired) electrons. The average Bonchev–Trinajstić information content (AvgIpc) is 1.64. The summed E-state index contributed by atoms with van der Waals surface area (Å²) in [5.41, 5.74) is 35.1. The highest BCUT2D eigenvalue weighted by molar-refractivity contribution is 5.99. The molecule has 7 aliphatic rings. The number of aryl methyl sites for hydroxylation is 2. The van der Waals surface area contributed by atoms with E-state index >= 15 is 0 Å². The van der Waals surface area contributed by atoms with Gasteiger partial charge in [0.15, 0.2) is 0 Å². The number of nitrogens with zero attached hydrogens (tertiary/aromatic N) is 2. The maximum absolute atomic E-state index is 2.55. The third kappa shape index (κ3) is 7.08. The van der Waals surface area contributed by atoms with Crippen LogP contribution in [0, 0.1) is 0 Å². The zero-order chi connectivity index (χ0) is 56.5. The lowest BCUT2D eigenvalue weighted by atomic mass is 9.70. The number of fused-ring (bicyclic) bond motifs is 22. The third-order valence-corrected chi connectivity index (χ3v) is 20.0. The molecule has 86 heavy (non-hydrogen) atoms. The molecule has 2 spiro atoms. The van der Waals surface area contributed by atoms with Crippen LogP contribution in [0.2, 0.25) is 0 Å². The van der Waals surface area contributed by atoms with Crippen LogP contribution in [-0.2, 0) is 23.7 Å². The molecule has 0 saturated carbocycles. The van der Waals surface area contributed by atoms with Gasteiger partial charge in [-0.05, 0) is 240 Å². The lowest BCUT2D eigenvalue weighted by Gasteiger charge is -2.33. The van der Waals surface area contributed by atoms with E-state index < -0.39 is 10.8 Å². The number of rotatable bonds is 8. The second kappa shape index (κ2) is 19.1. The predicted octanol–water partition coefficient (Wildman–Crippen LogP) is 21.3. The third-order valence-electron chi connectivity index (χ3n) is 20.0. The zero-order valence-electron chi connectivity index (χ0n) is 47.8. The normalized spacial score (nSPS) is 15.7. The molecule has 18 rings (SSSR count). The summed E-state index contributed by atoms with van der Waals surface area (Å²) in [5.74, 6) is 0. The van der Waals surface area contributed by atoms with Crippen LogP contribution in [0.3, 0.4) is 0 Å². The van der Waals surface area contributed by atoms with Crippen LogP contribution < -0.4 is 9.80 Å². The maximum Gasteiger partial charge on any atom is 0.0726 e. The molecule has 2 nitrogen and oxygen atoms in total. The largest absolute Gasteiger partial charge is 0.314 e. The van der Waals surface area contributed by atoms with Crippen LogP contribution in [0.5, 0.6) is 0 Å². The van der Waals surface area contributed by atoms with Crippen molar-refractivity contribution in [3.8, 4) is 44.5 Å². The second-order valence-electron chi connectivity index (χ2n) is 24.4. The number of allylic oxidation sites excluding steroid dienone is 6. The molecular formula is C84H60N2. The van der Waals surface area contributed by atoms with Crippen molar-refractivity contribution < 1.29 is 0 Å². The number of anilines is 5. The van der Waals surface area contributed by atoms with E-state index in [0.717, 1.165) is 49.9 Å². The lowest BCUT2D eigenvalue weighted by Crippen LogP contribution is -2.26. The molecule has 2 heteroatoms. The molecule has 0 fully saturated rings. The van der Waals surface area contributed by atoms with E-state index in [4.69, 9.17) is 0 Å². The summed E-state index contributed by atoms with van der Waals surface area (Å²) in [5, 5.41) is 0. The van der Waals surface area contributed by atoms with Crippen LogP contribution in [0.4, 0.5) is 28.4 Å². The molecule has 406 valence electrons. The van der Waals surface area contributed by atoms with E-state index in [2.05, 4.69) is 301 Å². The molecule has 0 aliphatic heterocycles. The fourth-order valence-electron chi connectivity index (χ4n) is 16.4. The Bertz CT molecular complexity index is 4750. The van der Waals surface area contributed by atoms with Crippen molar-refractivity contribution in [2.75, 3.05) is 9.80 Å². The molecule has 0 atom stereocenters. The van der Waals surface area contributed by atoms with Crippen molar-refractivity contribution in [2.45, 2.75) is 49.4 Å². The molecule has 0 unspecified atom stereocenters. The molecule has 11 aromatic rings. The maximum atomic E-state index is 2.55. The minimum atomic E-state index is -0.536. The van der Waals surface area contributed by atoms with Gasteiger partial charge in [0.05, 0.1) is 10.8 Å². The van der Waals surface area contributed by atoms with Gasteiger partial charge < -0.3 is 9.80 Å². The fourth-order valence-corrected chi connectivity index (χ4v) is 16.4. The SMILES string of the molecule is C1=CCCC(N(c2ccc3c(c2)CCC=C3)c2ccc3c(c2)C2(c4ccccc4-c4ccccc42)c2cc(/C=C/c4ccc5c(c4)C4(c6ccccc6-c6ccccc64)c4cc(N(c6ccccc6)c6ccc7c(c6)CCC=C7)ccc4-5)ccc2-3)=C1. The molecule has 0 aromatic heterocycles. The first-order valence-corrected chi connectivity index (χ1v) is 30.9. The average molecular weight is 1100 g/mol. The second-order valence-corrected chi connectivity index (χ2v) is 24.4. The van der Waals surface area contributed by atoms with Crippen LogP contribution in [0.15, 0.2) is 273 Å². The predicted molar refractivity (Wildman–Crippen MR) is 359 cm³/mol. The van der Waals surface area contributed by atoms with Crippen molar-refractivity contribution >= 4 is 52.7 Å². The zero-order valence-corrected chi connectivity index (χ0v) is 47.8. The van der Waals surface area contributed by atoms with Crippen LogP contribution in [0.25, 0.3) is 68.8 Å². The summed E-state index contributed by atoms with van der Waals surface area (Å²) >= 11 is 0. The highest BCUT2D eigenvalue weighted by Gasteiger charge is 2.53. The van der Waals surface area contributed by atoms with Gasteiger partial charge >= 0.3 is 0 Å².